The molecular weight excluding hydrogens is 248 g/mol. The summed E-state index contributed by atoms with van der Waals surface area (Å²) in [6.07, 6.45) is 1.84. The van der Waals surface area contributed by atoms with Crippen molar-refractivity contribution in [3.05, 3.63) is 0 Å². The highest BCUT2D eigenvalue weighted by Crippen LogP contribution is 2.25. The van der Waals surface area contributed by atoms with E-state index >= 15 is 0 Å². The Morgan fingerprint density at radius 2 is 2.00 bits per heavy atom. The molecule has 0 saturated heterocycles. The molecule has 0 aliphatic heterocycles. The van der Waals surface area contributed by atoms with Crippen LogP contribution in [0.3, 0.4) is 0 Å². The fourth-order valence-corrected chi connectivity index (χ4v) is 2.54. The minimum absolute atomic E-state index is 0.0524. The maximum Gasteiger partial charge on any atom is 0.219 e. The van der Waals surface area contributed by atoms with Crippen LogP contribution >= 0.6 is 0 Å². The number of aliphatic hydroxyl groups excluding tert-OH is 3. The highest BCUT2D eigenvalue weighted by Gasteiger charge is 2.34. The predicted octanol–water partition coefficient (Wildman–Crippen LogP) is -1.01. The summed E-state index contributed by atoms with van der Waals surface area (Å²) in [4.78, 5) is 11.0. The monoisotopic (exact) mass is 274 g/mol. The van der Waals surface area contributed by atoms with Gasteiger partial charge in [0.05, 0.1) is 12.2 Å². The third-order valence-electron chi connectivity index (χ3n) is 3.77. The lowest BCUT2D eigenvalue weighted by Gasteiger charge is -2.36. The summed E-state index contributed by atoms with van der Waals surface area (Å²) in [5.74, 6) is -0.205. The fraction of sp³-hybridized carbons (Fsp3) is 0.923. The number of carbonyl (C=O) groups excluding carboxylic acids is 1. The van der Waals surface area contributed by atoms with Gasteiger partial charge in [-0.25, -0.2) is 0 Å². The standard InChI is InChI=1S/C13H26N2O4/c1-14-12(18)4-2-3-5-15-10-6-9(8-16)13(19)11(17)7-10/h9-11,13,15-17,19H,2-8H2,1H3,(H,14,18). The van der Waals surface area contributed by atoms with Crippen molar-refractivity contribution in [2.45, 2.75) is 50.4 Å². The number of hydrogen-bond donors (Lipinski definition) is 5. The van der Waals surface area contributed by atoms with Crippen LogP contribution in [0.4, 0.5) is 0 Å². The summed E-state index contributed by atoms with van der Waals surface area (Å²) in [5, 5.41) is 34.4. The first kappa shape index (κ1) is 16.4. The largest absolute Gasteiger partial charge is 0.396 e. The first-order valence-electron chi connectivity index (χ1n) is 6.99. The maximum atomic E-state index is 11.0. The van der Waals surface area contributed by atoms with Gasteiger partial charge in [0.2, 0.25) is 5.91 Å². The second-order valence-corrected chi connectivity index (χ2v) is 5.25. The number of hydrogen-bond acceptors (Lipinski definition) is 5. The lowest BCUT2D eigenvalue weighted by atomic mass is 9.82. The van der Waals surface area contributed by atoms with Gasteiger partial charge >= 0.3 is 0 Å². The second kappa shape index (κ2) is 8.47. The number of carbonyl (C=O) groups is 1. The van der Waals surface area contributed by atoms with E-state index in [-0.39, 0.29) is 24.5 Å². The van der Waals surface area contributed by atoms with Crippen molar-refractivity contribution >= 4 is 5.91 Å². The van der Waals surface area contributed by atoms with Crippen LogP contribution in [0.1, 0.15) is 32.1 Å². The molecule has 0 bridgehead atoms. The quantitative estimate of drug-likeness (QED) is 0.383. The Morgan fingerprint density at radius 3 is 2.63 bits per heavy atom. The minimum atomic E-state index is -0.823. The molecule has 4 atom stereocenters. The smallest absolute Gasteiger partial charge is 0.219 e. The van der Waals surface area contributed by atoms with Crippen LogP contribution in [0.25, 0.3) is 0 Å². The zero-order valence-electron chi connectivity index (χ0n) is 11.5. The average Bonchev–Trinajstić information content (AvgIpc) is 2.41. The Hall–Kier alpha value is -0.690. The Balaban J connectivity index is 2.17. The van der Waals surface area contributed by atoms with E-state index in [0.29, 0.717) is 19.3 Å². The van der Waals surface area contributed by atoms with E-state index in [2.05, 4.69) is 10.6 Å². The normalized spacial score (nSPS) is 31.2. The molecule has 0 spiro atoms. The SMILES string of the molecule is CNC(=O)CCCCNC1CC(O)C(O)C(CO)C1. The first-order chi connectivity index (χ1) is 9.08. The van der Waals surface area contributed by atoms with Crippen LogP contribution in [0.15, 0.2) is 0 Å². The van der Waals surface area contributed by atoms with E-state index < -0.39 is 12.2 Å². The topological polar surface area (TPSA) is 102 Å². The van der Waals surface area contributed by atoms with Gasteiger partial charge in [0, 0.05) is 32.0 Å². The van der Waals surface area contributed by atoms with Crippen molar-refractivity contribution in [1.82, 2.24) is 10.6 Å². The zero-order chi connectivity index (χ0) is 14.3. The molecular formula is C13H26N2O4. The Kier molecular flexibility index (Phi) is 7.30. The molecule has 0 aromatic carbocycles. The number of unbranched alkanes of at least 4 members (excludes halogenated alkanes) is 1. The van der Waals surface area contributed by atoms with Crippen molar-refractivity contribution < 1.29 is 20.1 Å². The van der Waals surface area contributed by atoms with Gasteiger partial charge in [0.25, 0.3) is 0 Å². The Labute approximate surface area is 114 Å². The highest BCUT2D eigenvalue weighted by atomic mass is 16.3. The van der Waals surface area contributed by atoms with E-state index in [1.807, 2.05) is 0 Å². The van der Waals surface area contributed by atoms with Crippen LogP contribution in [0.5, 0.6) is 0 Å². The van der Waals surface area contributed by atoms with E-state index in [1.54, 1.807) is 7.05 Å². The Morgan fingerprint density at radius 1 is 1.26 bits per heavy atom. The molecule has 19 heavy (non-hydrogen) atoms. The number of amides is 1. The average molecular weight is 274 g/mol. The Bertz CT molecular complexity index is 275. The van der Waals surface area contributed by atoms with Crippen molar-refractivity contribution in [3.8, 4) is 0 Å². The van der Waals surface area contributed by atoms with E-state index in [9.17, 15) is 15.0 Å². The van der Waals surface area contributed by atoms with Gasteiger partial charge in [0.1, 0.15) is 0 Å². The first-order valence-corrected chi connectivity index (χ1v) is 6.99. The lowest BCUT2D eigenvalue weighted by Crippen LogP contribution is -2.49. The summed E-state index contributed by atoms with van der Waals surface area (Å²) in [6, 6.07) is 0.121. The summed E-state index contributed by atoms with van der Waals surface area (Å²) in [7, 11) is 1.63. The lowest BCUT2D eigenvalue weighted by molar-refractivity contribution is -0.120. The van der Waals surface area contributed by atoms with Crippen LogP contribution in [0, 0.1) is 5.92 Å². The fourth-order valence-electron chi connectivity index (χ4n) is 2.54. The molecule has 1 amide bonds. The van der Waals surface area contributed by atoms with E-state index in [4.69, 9.17) is 5.11 Å². The minimum Gasteiger partial charge on any atom is -0.396 e. The predicted molar refractivity (Wildman–Crippen MR) is 71.5 cm³/mol. The van der Waals surface area contributed by atoms with Gasteiger partial charge in [-0.3, -0.25) is 4.79 Å². The van der Waals surface area contributed by atoms with Gasteiger partial charge in [0.15, 0.2) is 0 Å². The molecule has 112 valence electrons. The molecule has 4 unspecified atom stereocenters. The van der Waals surface area contributed by atoms with Crippen molar-refractivity contribution in [2.24, 2.45) is 5.92 Å². The summed E-state index contributed by atoms with van der Waals surface area (Å²) < 4.78 is 0. The molecule has 1 aliphatic carbocycles. The molecule has 0 heterocycles. The maximum absolute atomic E-state index is 11.0. The molecule has 0 aromatic rings. The molecule has 0 radical (unpaired) electrons. The molecule has 1 rings (SSSR count). The molecule has 6 heteroatoms. The third kappa shape index (κ3) is 5.44. The van der Waals surface area contributed by atoms with Gasteiger partial charge < -0.3 is 26.0 Å². The van der Waals surface area contributed by atoms with E-state index in [1.165, 1.54) is 0 Å². The van der Waals surface area contributed by atoms with Crippen molar-refractivity contribution in [1.29, 1.82) is 0 Å². The van der Waals surface area contributed by atoms with Crippen molar-refractivity contribution in [2.75, 3.05) is 20.2 Å². The van der Waals surface area contributed by atoms with Crippen LogP contribution in [0.2, 0.25) is 0 Å². The van der Waals surface area contributed by atoms with Gasteiger partial charge in [-0.15, -0.1) is 0 Å². The molecule has 6 nitrogen and oxygen atoms in total. The number of rotatable bonds is 7. The van der Waals surface area contributed by atoms with Gasteiger partial charge in [-0.05, 0) is 32.2 Å². The third-order valence-corrected chi connectivity index (χ3v) is 3.77. The molecule has 0 aromatic heterocycles. The molecule has 5 N–H and O–H groups in total. The summed E-state index contributed by atoms with van der Waals surface area (Å²) in [5.41, 5.74) is 0. The summed E-state index contributed by atoms with van der Waals surface area (Å²) >= 11 is 0. The molecule has 1 aliphatic rings. The molecule has 1 saturated carbocycles. The van der Waals surface area contributed by atoms with Gasteiger partial charge in [-0.2, -0.15) is 0 Å². The summed E-state index contributed by atoms with van der Waals surface area (Å²) in [6.45, 7) is 0.676. The number of aliphatic hydroxyl groups is 3. The number of nitrogens with one attached hydrogen (secondary N) is 2. The molecule has 1 fully saturated rings. The van der Waals surface area contributed by atoms with Crippen LogP contribution in [-0.2, 0) is 4.79 Å². The zero-order valence-corrected chi connectivity index (χ0v) is 11.5. The van der Waals surface area contributed by atoms with Crippen molar-refractivity contribution in [3.63, 3.8) is 0 Å². The second-order valence-electron chi connectivity index (χ2n) is 5.25. The van der Waals surface area contributed by atoms with Crippen LogP contribution in [-0.4, -0.2) is 59.7 Å². The van der Waals surface area contributed by atoms with E-state index in [0.717, 1.165) is 19.4 Å². The highest BCUT2D eigenvalue weighted by molar-refractivity contribution is 5.75. The van der Waals surface area contributed by atoms with Crippen LogP contribution < -0.4 is 10.6 Å². The van der Waals surface area contributed by atoms with Gasteiger partial charge in [-0.1, -0.05) is 0 Å².